The maximum atomic E-state index is 15.1. The number of amides is 1. The molecule has 1 aliphatic heterocycles. The Hall–Kier alpha value is -4.10. The Morgan fingerprint density at radius 1 is 1.17 bits per heavy atom. The number of likely N-dealkylation sites (N-methyl/N-ethyl adjacent to an activating group) is 2. The number of nitrogens with one attached hydrogen (secondary N) is 1. The van der Waals surface area contributed by atoms with Crippen LogP contribution in [0.5, 0.6) is 0 Å². The molecule has 1 atom stereocenters. The van der Waals surface area contributed by atoms with Crippen molar-refractivity contribution in [1.82, 2.24) is 14.7 Å². The summed E-state index contributed by atoms with van der Waals surface area (Å²) in [5.41, 5.74) is 7.54. The Morgan fingerprint density at radius 2 is 1.88 bits per heavy atom. The maximum Gasteiger partial charge on any atom is 0.419 e. The van der Waals surface area contributed by atoms with Crippen molar-refractivity contribution >= 4 is 28.7 Å². The van der Waals surface area contributed by atoms with Gasteiger partial charge in [0.05, 0.1) is 28.8 Å². The third-order valence-electron chi connectivity index (χ3n) is 7.48. The van der Waals surface area contributed by atoms with Gasteiger partial charge in [0.1, 0.15) is 0 Å². The summed E-state index contributed by atoms with van der Waals surface area (Å²) < 4.78 is 58.2. The molecule has 3 aromatic rings. The minimum absolute atomic E-state index is 0.135. The number of halogens is 4. The van der Waals surface area contributed by atoms with Gasteiger partial charge in [0, 0.05) is 55.4 Å². The van der Waals surface area contributed by atoms with Crippen LogP contribution in [0.15, 0.2) is 42.7 Å². The highest BCUT2D eigenvalue weighted by Gasteiger charge is 2.37. The van der Waals surface area contributed by atoms with E-state index in [1.54, 1.807) is 38.0 Å². The summed E-state index contributed by atoms with van der Waals surface area (Å²) >= 11 is 0. The number of likely N-dealkylation sites (tertiary alicyclic amines) is 1. The lowest BCUT2D eigenvalue weighted by Crippen LogP contribution is -2.34. The number of carbonyl (C=O) groups is 1. The number of hydrazine groups is 1. The Morgan fingerprint density at radius 3 is 2.46 bits per heavy atom. The van der Waals surface area contributed by atoms with E-state index in [1.807, 2.05) is 18.9 Å². The zero-order valence-electron chi connectivity index (χ0n) is 23.6. The molecule has 2 heterocycles. The Bertz CT molecular complexity index is 1480. The molecule has 9 nitrogen and oxygen atoms in total. The molecular formula is C28H34F4N8O. The number of benzene rings is 2. The summed E-state index contributed by atoms with van der Waals surface area (Å²) in [6, 6.07) is 6.34. The second-order valence-corrected chi connectivity index (χ2v) is 10.4. The smallest absolute Gasteiger partial charge is 0.397 e. The third kappa shape index (κ3) is 6.30. The van der Waals surface area contributed by atoms with Gasteiger partial charge in [-0.05, 0) is 63.7 Å². The molecule has 1 saturated heterocycles. The van der Waals surface area contributed by atoms with E-state index in [0.29, 0.717) is 36.0 Å². The number of alkyl halides is 3. The number of aryl methyl sites for hydroxylation is 2. The molecule has 1 fully saturated rings. The van der Waals surface area contributed by atoms with Crippen LogP contribution in [-0.2, 0) is 13.2 Å². The van der Waals surface area contributed by atoms with Crippen LogP contribution in [-0.4, -0.2) is 53.8 Å². The fourth-order valence-electron chi connectivity index (χ4n) is 4.87. The molecule has 0 bridgehead atoms. The van der Waals surface area contributed by atoms with Gasteiger partial charge >= 0.3 is 6.18 Å². The minimum Gasteiger partial charge on any atom is -0.397 e. The van der Waals surface area contributed by atoms with Crippen molar-refractivity contribution in [3.05, 3.63) is 76.5 Å². The number of hydrogen-bond donors (Lipinski definition) is 3. The summed E-state index contributed by atoms with van der Waals surface area (Å²) in [7, 11) is 5.23. The Labute approximate surface area is 236 Å². The first-order chi connectivity index (χ1) is 19.2. The first-order valence-corrected chi connectivity index (χ1v) is 12.9. The second kappa shape index (κ2) is 11.4. The fourth-order valence-corrected chi connectivity index (χ4v) is 4.87. The highest BCUT2D eigenvalue weighted by atomic mass is 19.4. The molecule has 1 aliphatic rings. The van der Waals surface area contributed by atoms with E-state index in [-0.39, 0.29) is 23.0 Å². The molecule has 220 valence electrons. The van der Waals surface area contributed by atoms with E-state index in [0.717, 1.165) is 17.8 Å². The van der Waals surface area contributed by atoms with Crippen LogP contribution < -0.4 is 26.8 Å². The number of carbonyl (C=O) groups excluding carboxylic acids is 1. The van der Waals surface area contributed by atoms with E-state index in [2.05, 4.69) is 10.4 Å². The fraction of sp³-hybridized carbons (Fsp3) is 0.357. The number of nitrogens with two attached hydrogens (primary N) is 2. The molecule has 0 radical (unpaired) electrons. The quantitative estimate of drug-likeness (QED) is 0.220. The molecule has 1 amide bonds. The standard InChI is InChI=1S/C28H34F4N8O/c1-16-6-7-18(10-24(16)40(34)15-23(33)21-13-35-39(5)17(21)2)27(41)36-19-11-22(28(30,31)32)26(29)25(12-19)38(4)20-8-9-37(3)14-20/h6-7,10-13,15,20H,8-9,14,33-34H2,1-5H3,(H,36,41)/b23-15-. The molecular weight excluding hydrogens is 540 g/mol. The lowest BCUT2D eigenvalue weighted by atomic mass is 10.1. The van der Waals surface area contributed by atoms with Crippen LogP contribution in [0.1, 0.15) is 39.2 Å². The van der Waals surface area contributed by atoms with Crippen molar-refractivity contribution in [2.24, 2.45) is 18.6 Å². The van der Waals surface area contributed by atoms with E-state index < -0.39 is 23.5 Å². The molecule has 0 aliphatic carbocycles. The van der Waals surface area contributed by atoms with Gasteiger partial charge in [0.25, 0.3) is 5.91 Å². The van der Waals surface area contributed by atoms with Gasteiger partial charge in [0.15, 0.2) is 5.82 Å². The van der Waals surface area contributed by atoms with Crippen LogP contribution in [0.4, 0.5) is 34.6 Å². The molecule has 4 rings (SSSR count). The summed E-state index contributed by atoms with van der Waals surface area (Å²) in [6.45, 7) is 4.97. The lowest BCUT2D eigenvalue weighted by molar-refractivity contribution is -0.139. The molecule has 2 aromatic carbocycles. The number of nitrogens with zero attached hydrogens (tertiary/aromatic N) is 5. The number of anilines is 3. The van der Waals surface area contributed by atoms with E-state index in [1.165, 1.54) is 34.3 Å². The third-order valence-corrected chi connectivity index (χ3v) is 7.48. The molecule has 5 N–H and O–H groups in total. The molecule has 13 heteroatoms. The summed E-state index contributed by atoms with van der Waals surface area (Å²) in [6.07, 6.45) is -1.18. The van der Waals surface area contributed by atoms with Crippen molar-refractivity contribution in [3.63, 3.8) is 0 Å². The zero-order chi connectivity index (χ0) is 30.2. The number of hydrogen-bond acceptors (Lipinski definition) is 7. The van der Waals surface area contributed by atoms with Crippen LogP contribution in [0, 0.1) is 19.7 Å². The molecule has 0 saturated carbocycles. The van der Waals surface area contributed by atoms with Gasteiger partial charge in [-0.1, -0.05) is 6.07 Å². The molecule has 41 heavy (non-hydrogen) atoms. The number of rotatable bonds is 7. The van der Waals surface area contributed by atoms with Crippen molar-refractivity contribution in [2.75, 3.05) is 42.4 Å². The maximum absolute atomic E-state index is 15.1. The zero-order valence-corrected chi connectivity index (χ0v) is 23.6. The van der Waals surface area contributed by atoms with Gasteiger partial charge in [-0.25, -0.2) is 10.2 Å². The van der Waals surface area contributed by atoms with Crippen LogP contribution >= 0.6 is 0 Å². The van der Waals surface area contributed by atoms with Crippen molar-refractivity contribution in [1.29, 1.82) is 0 Å². The largest absolute Gasteiger partial charge is 0.419 e. The van der Waals surface area contributed by atoms with Gasteiger partial charge in [-0.3, -0.25) is 14.5 Å². The molecule has 0 spiro atoms. The first-order valence-electron chi connectivity index (χ1n) is 12.9. The predicted molar refractivity (Wildman–Crippen MR) is 152 cm³/mol. The highest BCUT2D eigenvalue weighted by Crippen LogP contribution is 2.38. The second-order valence-electron chi connectivity index (χ2n) is 10.4. The molecule has 1 unspecified atom stereocenters. The van der Waals surface area contributed by atoms with Crippen molar-refractivity contribution in [2.45, 2.75) is 32.5 Å². The van der Waals surface area contributed by atoms with Crippen molar-refractivity contribution in [3.8, 4) is 0 Å². The summed E-state index contributed by atoms with van der Waals surface area (Å²) in [5, 5.41) is 7.93. The van der Waals surface area contributed by atoms with Crippen LogP contribution in [0.3, 0.4) is 0 Å². The van der Waals surface area contributed by atoms with Crippen LogP contribution in [0.25, 0.3) is 5.70 Å². The average Bonchev–Trinajstić information content (AvgIpc) is 3.48. The Kier molecular flexibility index (Phi) is 8.31. The van der Waals surface area contributed by atoms with Gasteiger partial charge in [-0.15, -0.1) is 0 Å². The highest BCUT2D eigenvalue weighted by molar-refractivity contribution is 6.05. The molecule has 1 aromatic heterocycles. The predicted octanol–water partition coefficient (Wildman–Crippen LogP) is 4.22. The van der Waals surface area contributed by atoms with Gasteiger partial charge < -0.3 is 20.9 Å². The SMILES string of the molecule is Cc1ccc(C(=O)Nc2cc(N(C)C3CCN(C)C3)c(F)c(C(F)(F)F)c2)cc1N(N)/C=C(\N)c1cnn(C)c1C. The summed E-state index contributed by atoms with van der Waals surface area (Å²) in [4.78, 5) is 16.7. The van der Waals surface area contributed by atoms with Crippen LogP contribution in [0.2, 0.25) is 0 Å². The van der Waals surface area contributed by atoms with E-state index in [9.17, 15) is 18.0 Å². The minimum atomic E-state index is -4.96. The van der Waals surface area contributed by atoms with E-state index in [4.69, 9.17) is 11.6 Å². The Balaban J connectivity index is 1.63. The van der Waals surface area contributed by atoms with Gasteiger partial charge in [0.2, 0.25) is 0 Å². The first kappa shape index (κ1) is 29.9. The number of aromatic nitrogens is 2. The van der Waals surface area contributed by atoms with E-state index >= 15 is 4.39 Å². The average molecular weight is 575 g/mol. The normalized spacial score (nSPS) is 16.2. The van der Waals surface area contributed by atoms with Gasteiger partial charge in [-0.2, -0.15) is 18.3 Å². The summed E-state index contributed by atoms with van der Waals surface area (Å²) in [5.74, 6) is 4.20. The lowest BCUT2D eigenvalue weighted by Gasteiger charge is -2.28. The topological polar surface area (TPSA) is 109 Å². The monoisotopic (exact) mass is 574 g/mol. The van der Waals surface area contributed by atoms with Crippen molar-refractivity contribution < 1.29 is 22.4 Å².